The molecule has 6 nitrogen and oxygen atoms in total. The minimum atomic E-state index is -3.08. The van der Waals surface area contributed by atoms with Crippen LogP contribution in [0.2, 0.25) is 0 Å². The fourth-order valence-corrected chi connectivity index (χ4v) is 2.39. The lowest BCUT2D eigenvalue weighted by Gasteiger charge is -2.04. The minimum absolute atomic E-state index is 0.0511. The van der Waals surface area contributed by atoms with Crippen molar-refractivity contribution < 1.29 is 8.42 Å². The summed E-state index contributed by atoms with van der Waals surface area (Å²) >= 11 is 0. The van der Waals surface area contributed by atoms with Crippen molar-refractivity contribution in [3.63, 3.8) is 0 Å². The number of H-pyrrole nitrogens is 1. The van der Waals surface area contributed by atoms with E-state index in [0.29, 0.717) is 18.0 Å². The van der Waals surface area contributed by atoms with Gasteiger partial charge in [-0.2, -0.15) is 0 Å². The molecule has 1 aromatic heterocycles. The van der Waals surface area contributed by atoms with E-state index in [4.69, 9.17) is 5.73 Å². The Morgan fingerprint density at radius 3 is 2.50 bits per heavy atom. The molecule has 0 aliphatic heterocycles. The Morgan fingerprint density at radius 2 is 2.00 bits per heavy atom. The summed E-state index contributed by atoms with van der Waals surface area (Å²) in [6.07, 6.45) is 0.675. The zero-order chi connectivity index (χ0) is 13.9. The first-order chi connectivity index (χ1) is 8.26. The molecule has 0 saturated carbocycles. The minimum Gasteiger partial charge on any atom is -0.393 e. The molecule has 104 valence electrons. The first-order valence-electron chi connectivity index (χ1n) is 6.04. The molecule has 0 atom stereocenters. The molecule has 0 aliphatic rings. The molecule has 1 heterocycles. The predicted molar refractivity (Wildman–Crippen MR) is 72.3 cm³/mol. The maximum Gasteiger partial charge on any atom is 0.289 e. The van der Waals surface area contributed by atoms with Crippen molar-refractivity contribution in [3.05, 3.63) is 16.0 Å². The second kappa shape index (κ2) is 5.60. The highest BCUT2D eigenvalue weighted by Crippen LogP contribution is 2.09. The Kier molecular flexibility index (Phi) is 4.61. The van der Waals surface area contributed by atoms with Gasteiger partial charge in [0.2, 0.25) is 0 Å². The summed E-state index contributed by atoms with van der Waals surface area (Å²) in [5, 5.41) is 2.89. The molecule has 0 spiro atoms. The molecule has 1 aromatic rings. The Hall–Kier alpha value is -1.24. The molecule has 0 bridgehead atoms. The van der Waals surface area contributed by atoms with E-state index >= 15 is 0 Å². The third kappa shape index (κ3) is 3.63. The maximum atomic E-state index is 11.8. The quantitative estimate of drug-likeness (QED) is 0.784. The van der Waals surface area contributed by atoms with Crippen LogP contribution in [-0.2, 0) is 22.8 Å². The largest absolute Gasteiger partial charge is 0.393 e. The Morgan fingerprint density at radius 1 is 1.39 bits per heavy atom. The van der Waals surface area contributed by atoms with Crippen molar-refractivity contribution in [1.29, 1.82) is 0 Å². The third-order valence-electron chi connectivity index (χ3n) is 2.75. The smallest absolute Gasteiger partial charge is 0.289 e. The highest BCUT2D eigenvalue weighted by atomic mass is 32.2. The van der Waals surface area contributed by atoms with Gasteiger partial charge in [0.15, 0.2) is 9.84 Å². The molecule has 7 heteroatoms. The Labute approximate surface area is 107 Å². The number of nitrogen functional groups attached to an aromatic ring is 1. The van der Waals surface area contributed by atoms with Gasteiger partial charge >= 0.3 is 0 Å². The predicted octanol–water partition coefficient (Wildman–Crippen LogP) is 0.392. The van der Waals surface area contributed by atoms with E-state index in [1.807, 2.05) is 13.8 Å². The summed E-state index contributed by atoms with van der Waals surface area (Å²) < 4.78 is 24.1. The van der Waals surface area contributed by atoms with E-state index in [0.717, 1.165) is 0 Å². The Bertz CT molecular complexity index is 555. The van der Waals surface area contributed by atoms with Gasteiger partial charge in [0, 0.05) is 5.75 Å². The molecule has 0 saturated heterocycles. The Balaban J connectivity index is 2.88. The summed E-state index contributed by atoms with van der Waals surface area (Å²) in [5.74, 6) is 0.402. The molecule has 0 fully saturated rings. The molecule has 0 amide bonds. The number of anilines is 1. The van der Waals surface area contributed by atoms with Crippen LogP contribution in [0.15, 0.2) is 4.79 Å². The fourth-order valence-electron chi connectivity index (χ4n) is 1.64. The second-order valence-electron chi connectivity index (χ2n) is 4.80. The van der Waals surface area contributed by atoms with Crippen LogP contribution < -0.4 is 11.3 Å². The summed E-state index contributed by atoms with van der Waals surface area (Å²) in [7, 11) is -3.08. The zero-order valence-electron chi connectivity index (χ0n) is 11.1. The second-order valence-corrected chi connectivity index (χ2v) is 7.27. The zero-order valence-corrected chi connectivity index (χ0v) is 11.9. The van der Waals surface area contributed by atoms with Gasteiger partial charge in [-0.1, -0.05) is 20.8 Å². The molecule has 3 N–H and O–H groups in total. The number of nitrogens with two attached hydrogens (primary N) is 1. The van der Waals surface area contributed by atoms with Crippen LogP contribution in [0.4, 0.5) is 5.69 Å². The summed E-state index contributed by atoms with van der Waals surface area (Å²) in [4.78, 5) is 11.8. The van der Waals surface area contributed by atoms with Gasteiger partial charge in [-0.25, -0.2) is 8.42 Å². The van der Waals surface area contributed by atoms with Gasteiger partial charge in [-0.15, -0.1) is 0 Å². The average molecular weight is 275 g/mol. The van der Waals surface area contributed by atoms with E-state index in [2.05, 4.69) is 5.10 Å². The number of aromatic amines is 1. The number of aromatic nitrogens is 2. The van der Waals surface area contributed by atoms with Crippen molar-refractivity contribution in [3.8, 4) is 0 Å². The topological polar surface area (TPSA) is 97.9 Å². The van der Waals surface area contributed by atoms with Crippen LogP contribution >= 0.6 is 0 Å². The molecule has 1 rings (SSSR count). The van der Waals surface area contributed by atoms with E-state index in [1.165, 1.54) is 4.68 Å². The van der Waals surface area contributed by atoms with Crippen molar-refractivity contribution in [2.75, 3.05) is 17.2 Å². The number of hydrogen-bond acceptors (Lipinski definition) is 4. The van der Waals surface area contributed by atoms with Crippen molar-refractivity contribution in [1.82, 2.24) is 9.78 Å². The number of sulfone groups is 1. The van der Waals surface area contributed by atoms with E-state index < -0.39 is 9.84 Å². The summed E-state index contributed by atoms with van der Waals surface area (Å²) in [6.45, 7) is 5.76. The van der Waals surface area contributed by atoms with Crippen molar-refractivity contribution in [2.24, 2.45) is 5.92 Å². The van der Waals surface area contributed by atoms with Crippen LogP contribution in [0.3, 0.4) is 0 Å². The molecular weight excluding hydrogens is 254 g/mol. The van der Waals surface area contributed by atoms with E-state index in [1.54, 1.807) is 6.92 Å². The van der Waals surface area contributed by atoms with Crippen LogP contribution in [0.1, 0.15) is 26.5 Å². The summed E-state index contributed by atoms with van der Waals surface area (Å²) in [5.41, 5.74) is 6.25. The number of hydrogen-bond donors (Lipinski definition) is 2. The molecule has 0 aliphatic carbocycles. The first kappa shape index (κ1) is 14.8. The van der Waals surface area contributed by atoms with Gasteiger partial charge < -0.3 is 5.73 Å². The van der Waals surface area contributed by atoms with Crippen molar-refractivity contribution in [2.45, 2.75) is 33.7 Å². The lowest BCUT2D eigenvalue weighted by atomic mass is 10.1. The highest BCUT2D eigenvalue weighted by molar-refractivity contribution is 7.91. The normalized spacial score (nSPS) is 12.2. The summed E-state index contributed by atoms with van der Waals surface area (Å²) in [6, 6.07) is 0. The van der Waals surface area contributed by atoms with Crippen LogP contribution in [-0.4, -0.2) is 29.7 Å². The highest BCUT2D eigenvalue weighted by Gasteiger charge is 2.14. The SMILES string of the molecule is CCS(=O)(=O)CCn1[nH]c(CC(C)C)c(N)c1=O. The fraction of sp³-hybridized carbons (Fsp3) is 0.727. The maximum absolute atomic E-state index is 11.8. The molecule has 0 unspecified atom stereocenters. The number of aryl methyl sites for hydroxylation is 1. The van der Waals surface area contributed by atoms with Crippen LogP contribution in [0.25, 0.3) is 0 Å². The van der Waals surface area contributed by atoms with Gasteiger partial charge in [0.05, 0.1) is 18.0 Å². The van der Waals surface area contributed by atoms with Crippen molar-refractivity contribution >= 4 is 15.5 Å². The van der Waals surface area contributed by atoms with E-state index in [-0.39, 0.29) is 29.3 Å². The molecule has 0 aromatic carbocycles. The van der Waals surface area contributed by atoms with Gasteiger partial charge in [-0.05, 0) is 12.3 Å². The number of nitrogens with one attached hydrogen (secondary N) is 1. The number of nitrogens with zero attached hydrogens (tertiary/aromatic N) is 1. The lowest BCUT2D eigenvalue weighted by molar-refractivity contribution is 0.568. The van der Waals surface area contributed by atoms with Gasteiger partial charge in [0.25, 0.3) is 5.56 Å². The monoisotopic (exact) mass is 275 g/mol. The van der Waals surface area contributed by atoms with Gasteiger partial charge in [-0.3, -0.25) is 14.6 Å². The number of rotatable bonds is 6. The molecule has 0 radical (unpaired) electrons. The first-order valence-corrected chi connectivity index (χ1v) is 7.86. The molecule has 18 heavy (non-hydrogen) atoms. The third-order valence-corrected chi connectivity index (χ3v) is 4.43. The van der Waals surface area contributed by atoms with Gasteiger partial charge in [0.1, 0.15) is 5.69 Å². The molecular formula is C11H21N3O3S. The van der Waals surface area contributed by atoms with Crippen LogP contribution in [0, 0.1) is 5.92 Å². The van der Waals surface area contributed by atoms with Crippen LogP contribution in [0.5, 0.6) is 0 Å². The standard InChI is InChI=1S/C11H21N3O3S/c1-4-18(16,17)6-5-14-11(15)10(12)9(13-14)7-8(2)3/h8,13H,4-7,12H2,1-3H3. The lowest BCUT2D eigenvalue weighted by Crippen LogP contribution is -2.23. The van der Waals surface area contributed by atoms with E-state index in [9.17, 15) is 13.2 Å². The average Bonchev–Trinajstić information content (AvgIpc) is 2.54.